The molecule has 3 aromatic carbocycles. The minimum Gasteiger partial charge on any atom is -0.207 e. The van der Waals surface area contributed by atoms with Crippen molar-refractivity contribution in [1.29, 1.82) is 0 Å². The molecule has 3 aromatic rings. The van der Waals surface area contributed by atoms with Gasteiger partial charge in [0.25, 0.3) is 0 Å². The SMILES string of the molecule is CCCCCC1CCC(c2ccc(C(Cc3ccccc3)c3ccc(F)cc3)c(F)c2)CC1. The third-order valence-corrected chi connectivity index (χ3v) is 7.49. The Morgan fingerprint density at radius 1 is 0.818 bits per heavy atom. The van der Waals surface area contributed by atoms with Crippen LogP contribution in [0.2, 0.25) is 0 Å². The van der Waals surface area contributed by atoms with Crippen LogP contribution in [0.15, 0.2) is 72.8 Å². The summed E-state index contributed by atoms with van der Waals surface area (Å²) < 4.78 is 29.1. The number of benzene rings is 3. The highest BCUT2D eigenvalue weighted by Crippen LogP contribution is 2.39. The van der Waals surface area contributed by atoms with Crippen molar-refractivity contribution < 1.29 is 8.78 Å². The largest absolute Gasteiger partial charge is 0.207 e. The fourth-order valence-electron chi connectivity index (χ4n) is 5.50. The Kier molecular flexibility index (Phi) is 8.31. The third kappa shape index (κ3) is 6.31. The van der Waals surface area contributed by atoms with Crippen LogP contribution in [0.1, 0.15) is 92.4 Å². The summed E-state index contributed by atoms with van der Waals surface area (Å²) in [7, 11) is 0. The van der Waals surface area contributed by atoms with Crippen LogP contribution in [-0.2, 0) is 6.42 Å². The van der Waals surface area contributed by atoms with E-state index >= 15 is 4.39 Å². The van der Waals surface area contributed by atoms with Crippen molar-refractivity contribution in [2.24, 2.45) is 5.92 Å². The molecule has 1 saturated carbocycles. The molecule has 0 radical (unpaired) electrons. The van der Waals surface area contributed by atoms with E-state index in [2.05, 4.69) is 25.1 Å². The Morgan fingerprint density at radius 2 is 1.55 bits per heavy atom. The van der Waals surface area contributed by atoms with E-state index in [-0.39, 0.29) is 17.6 Å². The maximum atomic E-state index is 15.5. The molecular weight excluding hydrogens is 410 g/mol. The van der Waals surface area contributed by atoms with Crippen molar-refractivity contribution in [1.82, 2.24) is 0 Å². The van der Waals surface area contributed by atoms with Gasteiger partial charge in [-0.1, -0.05) is 87.2 Å². The molecule has 0 aliphatic heterocycles. The molecule has 1 unspecified atom stereocenters. The van der Waals surface area contributed by atoms with Gasteiger partial charge in [0.05, 0.1) is 0 Å². The molecule has 1 aliphatic rings. The van der Waals surface area contributed by atoms with Gasteiger partial charge < -0.3 is 0 Å². The second kappa shape index (κ2) is 11.6. The number of rotatable bonds is 9. The topological polar surface area (TPSA) is 0 Å². The molecule has 0 aromatic heterocycles. The Bertz CT molecular complexity index is 985. The molecule has 2 heteroatoms. The summed E-state index contributed by atoms with van der Waals surface area (Å²) >= 11 is 0. The highest BCUT2D eigenvalue weighted by Gasteiger charge is 2.24. The van der Waals surface area contributed by atoms with Crippen LogP contribution >= 0.6 is 0 Å². The zero-order chi connectivity index (χ0) is 23.0. The van der Waals surface area contributed by atoms with Crippen molar-refractivity contribution in [2.45, 2.75) is 76.5 Å². The fourth-order valence-corrected chi connectivity index (χ4v) is 5.50. The van der Waals surface area contributed by atoms with E-state index in [0.717, 1.165) is 22.6 Å². The van der Waals surface area contributed by atoms with Gasteiger partial charge in [-0.2, -0.15) is 0 Å². The summed E-state index contributed by atoms with van der Waals surface area (Å²) in [6.45, 7) is 2.26. The average molecular weight is 447 g/mol. The van der Waals surface area contributed by atoms with E-state index in [1.54, 1.807) is 18.2 Å². The van der Waals surface area contributed by atoms with E-state index in [9.17, 15) is 4.39 Å². The summed E-state index contributed by atoms with van der Waals surface area (Å²) in [5.74, 6) is 0.775. The molecule has 174 valence electrons. The van der Waals surface area contributed by atoms with E-state index in [4.69, 9.17) is 0 Å². The van der Waals surface area contributed by atoms with Gasteiger partial charge in [-0.3, -0.25) is 0 Å². The molecule has 1 aliphatic carbocycles. The van der Waals surface area contributed by atoms with Crippen molar-refractivity contribution in [2.75, 3.05) is 0 Å². The molecule has 0 spiro atoms. The normalized spacial score (nSPS) is 19.4. The Balaban J connectivity index is 1.51. The number of hydrogen-bond donors (Lipinski definition) is 0. The van der Waals surface area contributed by atoms with Gasteiger partial charge in [-0.15, -0.1) is 0 Å². The van der Waals surface area contributed by atoms with E-state index in [0.29, 0.717) is 17.9 Å². The molecular formula is C31H36F2. The first kappa shape index (κ1) is 23.7. The summed E-state index contributed by atoms with van der Waals surface area (Å²) in [6.07, 6.45) is 10.9. The minimum absolute atomic E-state index is 0.136. The second-order valence-corrected chi connectivity index (χ2v) is 9.79. The van der Waals surface area contributed by atoms with Crippen molar-refractivity contribution in [3.8, 4) is 0 Å². The molecule has 0 heterocycles. The number of hydrogen-bond acceptors (Lipinski definition) is 0. The highest BCUT2D eigenvalue weighted by molar-refractivity contribution is 5.38. The predicted octanol–water partition coefficient (Wildman–Crippen LogP) is 9.19. The van der Waals surface area contributed by atoms with Crippen LogP contribution < -0.4 is 0 Å². The van der Waals surface area contributed by atoms with Gasteiger partial charge in [-0.25, -0.2) is 8.78 Å². The highest BCUT2D eigenvalue weighted by atomic mass is 19.1. The van der Waals surface area contributed by atoms with E-state index in [1.807, 2.05) is 24.3 Å². The lowest BCUT2D eigenvalue weighted by atomic mass is 9.76. The molecule has 1 atom stereocenters. The minimum atomic E-state index is -0.265. The van der Waals surface area contributed by atoms with Gasteiger partial charge in [0.1, 0.15) is 11.6 Å². The van der Waals surface area contributed by atoms with Crippen molar-refractivity contribution in [3.05, 3.63) is 107 Å². The van der Waals surface area contributed by atoms with Gasteiger partial charge in [-0.05, 0) is 84.4 Å². The first-order valence-electron chi connectivity index (χ1n) is 12.7. The number of unbranched alkanes of at least 4 members (excludes halogenated alkanes) is 2. The summed E-state index contributed by atoms with van der Waals surface area (Å²) in [5.41, 5.74) is 3.93. The van der Waals surface area contributed by atoms with Crippen molar-refractivity contribution >= 4 is 0 Å². The third-order valence-electron chi connectivity index (χ3n) is 7.49. The first-order valence-corrected chi connectivity index (χ1v) is 12.7. The lowest BCUT2D eigenvalue weighted by Crippen LogP contribution is -2.14. The molecule has 0 amide bonds. The number of halogens is 2. The van der Waals surface area contributed by atoms with Crippen LogP contribution in [0.4, 0.5) is 8.78 Å². The lowest BCUT2D eigenvalue weighted by molar-refractivity contribution is 0.302. The maximum Gasteiger partial charge on any atom is 0.127 e. The molecule has 0 nitrogen and oxygen atoms in total. The van der Waals surface area contributed by atoms with Gasteiger partial charge in [0.2, 0.25) is 0 Å². The first-order chi connectivity index (χ1) is 16.1. The second-order valence-electron chi connectivity index (χ2n) is 9.79. The lowest BCUT2D eigenvalue weighted by Gasteiger charge is -2.29. The average Bonchev–Trinajstić information content (AvgIpc) is 2.85. The molecule has 0 bridgehead atoms. The monoisotopic (exact) mass is 446 g/mol. The van der Waals surface area contributed by atoms with Crippen molar-refractivity contribution in [3.63, 3.8) is 0 Å². The zero-order valence-corrected chi connectivity index (χ0v) is 19.8. The standard InChI is InChI=1S/C31H36F2/c1-2-3-5-8-23-11-13-25(14-12-23)27-17-20-29(31(33)22-27)30(21-24-9-6-4-7-10-24)26-15-18-28(32)19-16-26/h4,6-7,9-10,15-20,22-23,25,30H,2-3,5,8,11-14,21H2,1H3. The van der Waals surface area contributed by atoms with Crippen LogP contribution in [-0.4, -0.2) is 0 Å². The molecule has 0 saturated heterocycles. The van der Waals surface area contributed by atoms with Crippen LogP contribution in [0, 0.1) is 17.6 Å². The van der Waals surface area contributed by atoms with Crippen LogP contribution in [0.25, 0.3) is 0 Å². The van der Waals surface area contributed by atoms with Gasteiger partial charge in [0.15, 0.2) is 0 Å². The summed E-state index contributed by atoms with van der Waals surface area (Å²) in [5, 5.41) is 0. The molecule has 33 heavy (non-hydrogen) atoms. The molecule has 1 fully saturated rings. The Labute approximate surface area is 198 Å². The zero-order valence-electron chi connectivity index (χ0n) is 19.8. The Morgan fingerprint density at radius 3 is 2.21 bits per heavy atom. The Hall–Kier alpha value is -2.48. The summed E-state index contributed by atoms with van der Waals surface area (Å²) in [4.78, 5) is 0. The predicted molar refractivity (Wildman–Crippen MR) is 134 cm³/mol. The van der Waals surface area contributed by atoms with E-state index in [1.165, 1.54) is 63.5 Å². The molecule has 0 N–H and O–H groups in total. The van der Waals surface area contributed by atoms with Crippen LogP contribution in [0.5, 0.6) is 0 Å². The quantitative estimate of drug-likeness (QED) is 0.287. The fraction of sp³-hybridized carbons (Fsp3) is 0.419. The van der Waals surface area contributed by atoms with E-state index < -0.39 is 0 Å². The van der Waals surface area contributed by atoms with Gasteiger partial charge >= 0.3 is 0 Å². The van der Waals surface area contributed by atoms with Crippen LogP contribution in [0.3, 0.4) is 0 Å². The smallest absolute Gasteiger partial charge is 0.127 e. The molecule has 4 rings (SSSR count). The summed E-state index contributed by atoms with van der Waals surface area (Å²) in [6, 6.07) is 22.6. The maximum absolute atomic E-state index is 15.5. The van der Waals surface area contributed by atoms with Gasteiger partial charge in [0, 0.05) is 5.92 Å².